The predicted molar refractivity (Wildman–Crippen MR) is 85.8 cm³/mol. The number of para-hydroxylation sites is 1. The minimum atomic E-state index is -0.342. The number of nitrogen functional groups attached to an aromatic ring is 1. The van der Waals surface area contributed by atoms with E-state index in [0.29, 0.717) is 31.0 Å². The molecule has 0 saturated heterocycles. The van der Waals surface area contributed by atoms with E-state index in [0.717, 1.165) is 12.1 Å². The van der Waals surface area contributed by atoms with Gasteiger partial charge in [-0.2, -0.15) is 0 Å². The van der Waals surface area contributed by atoms with E-state index >= 15 is 0 Å². The van der Waals surface area contributed by atoms with Gasteiger partial charge in [0.2, 0.25) is 0 Å². The van der Waals surface area contributed by atoms with E-state index in [1.54, 1.807) is 32.2 Å². The number of benzene rings is 1. The van der Waals surface area contributed by atoms with Crippen molar-refractivity contribution in [1.29, 1.82) is 0 Å². The Morgan fingerprint density at radius 2 is 2.10 bits per heavy atom. The quantitative estimate of drug-likeness (QED) is 0.590. The first-order valence-corrected chi connectivity index (χ1v) is 7.37. The fraction of sp³-hybridized carbons (Fsp3) is 0.562. The lowest BCUT2D eigenvalue weighted by molar-refractivity contribution is 0.0527. The van der Waals surface area contributed by atoms with Gasteiger partial charge in [0.15, 0.2) is 0 Å². The van der Waals surface area contributed by atoms with Crippen molar-refractivity contribution in [2.45, 2.75) is 33.2 Å². The molecule has 1 atom stereocenters. The van der Waals surface area contributed by atoms with Gasteiger partial charge in [0.05, 0.1) is 30.2 Å². The van der Waals surface area contributed by atoms with Crippen molar-refractivity contribution in [2.24, 2.45) is 0 Å². The molecule has 0 radical (unpaired) electrons. The zero-order valence-corrected chi connectivity index (χ0v) is 13.4. The molecule has 21 heavy (non-hydrogen) atoms. The van der Waals surface area contributed by atoms with E-state index in [4.69, 9.17) is 15.2 Å². The van der Waals surface area contributed by atoms with Gasteiger partial charge in [-0.15, -0.1) is 0 Å². The summed E-state index contributed by atoms with van der Waals surface area (Å²) < 4.78 is 10.3. The monoisotopic (exact) mass is 294 g/mol. The summed E-state index contributed by atoms with van der Waals surface area (Å²) in [6.07, 6.45) is 0.945. The Labute approximate surface area is 127 Å². The van der Waals surface area contributed by atoms with Crippen LogP contribution >= 0.6 is 0 Å². The maximum absolute atomic E-state index is 12.2. The third kappa shape index (κ3) is 4.36. The second-order valence-electron chi connectivity index (χ2n) is 4.91. The Morgan fingerprint density at radius 1 is 1.38 bits per heavy atom. The van der Waals surface area contributed by atoms with E-state index in [1.165, 1.54) is 0 Å². The summed E-state index contributed by atoms with van der Waals surface area (Å²) in [5.41, 5.74) is 7.96. The molecule has 1 unspecified atom stereocenters. The lowest BCUT2D eigenvalue weighted by atomic mass is 10.1. The number of ether oxygens (including phenoxy) is 2. The Balaban J connectivity index is 3.24. The lowest BCUT2D eigenvalue weighted by Gasteiger charge is -2.32. The van der Waals surface area contributed by atoms with Crippen molar-refractivity contribution < 1.29 is 14.3 Å². The first-order chi connectivity index (χ1) is 10.1. The van der Waals surface area contributed by atoms with Crippen LogP contribution < -0.4 is 10.6 Å². The normalized spacial score (nSPS) is 12.0. The van der Waals surface area contributed by atoms with E-state index in [2.05, 4.69) is 18.7 Å². The molecule has 5 heteroatoms. The molecule has 0 heterocycles. The molecule has 0 bridgehead atoms. The smallest absolute Gasteiger partial charge is 0.340 e. The zero-order chi connectivity index (χ0) is 15.8. The van der Waals surface area contributed by atoms with Gasteiger partial charge in [-0.25, -0.2) is 4.79 Å². The van der Waals surface area contributed by atoms with E-state index in [9.17, 15) is 4.79 Å². The van der Waals surface area contributed by atoms with Gasteiger partial charge in [0, 0.05) is 19.7 Å². The van der Waals surface area contributed by atoms with Crippen LogP contribution in [0.3, 0.4) is 0 Å². The number of rotatable bonds is 8. The Hall–Kier alpha value is -1.75. The zero-order valence-electron chi connectivity index (χ0n) is 13.4. The number of esters is 1. The van der Waals surface area contributed by atoms with Crippen LogP contribution in [-0.4, -0.2) is 38.9 Å². The molecule has 0 aliphatic rings. The molecule has 0 aromatic heterocycles. The highest BCUT2D eigenvalue weighted by Gasteiger charge is 2.22. The third-order valence-corrected chi connectivity index (χ3v) is 3.51. The van der Waals surface area contributed by atoms with Gasteiger partial charge in [-0.1, -0.05) is 13.0 Å². The molecule has 1 aromatic carbocycles. The van der Waals surface area contributed by atoms with Gasteiger partial charge >= 0.3 is 5.97 Å². The van der Waals surface area contributed by atoms with Crippen LogP contribution in [0.5, 0.6) is 0 Å². The molecular formula is C16H26N2O3. The van der Waals surface area contributed by atoms with Gasteiger partial charge in [0.25, 0.3) is 0 Å². The van der Waals surface area contributed by atoms with Crippen LogP contribution in [0.2, 0.25) is 0 Å². The minimum Gasteiger partial charge on any atom is -0.462 e. The van der Waals surface area contributed by atoms with Crippen LogP contribution in [0.15, 0.2) is 18.2 Å². The van der Waals surface area contributed by atoms with Crippen LogP contribution in [0.25, 0.3) is 0 Å². The number of anilines is 2. The van der Waals surface area contributed by atoms with Crippen molar-refractivity contribution in [2.75, 3.05) is 37.5 Å². The standard InChI is InChI=1S/C16H26N2O3/c1-5-12(3)18(10-11-20-4)15-13(16(19)21-6-2)8-7-9-14(15)17/h7-9,12H,5-6,10-11,17H2,1-4H3. The Bertz CT molecular complexity index is 463. The van der Waals surface area contributed by atoms with E-state index in [-0.39, 0.29) is 12.0 Å². The molecule has 1 rings (SSSR count). The Kier molecular flexibility index (Phi) is 7.02. The van der Waals surface area contributed by atoms with Gasteiger partial charge in [-0.3, -0.25) is 0 Å². The summed E-state index contributed by atoms with van der Waals surface area (Å²) in [5.74, 6) is -0.342. The highest BCUT2D eigenvalue weighted by molar-refractivity contribution is 5.99. The van der Waals surface area contributed by atoms with Crippen LogP contribution in [-0.2, 0) is 9.47 Å². The second kappa shape index (κ2) is 8.52. The van der Waals surface area contributed by atoms with Crippen LogP contribution in [0.1, 0.15) is 37.6 Å². The largest absolute Gasteiger partial charge is 0.462 e. The summed E-state index contributed by atoms with van der Waals surface area (Å²) in [5, 5.41) is 0. The minimum absolute atomic E-state index is 0.248. The molecule has 2 N–H and O–H groups in total. The number of methoxy groups -OCH3 is 1. The number of nitrogens with zero attached hydrogens (tertiary/aromatic N) is 1. The summed E-state index contributed by atoms with van der Waals surface area (Å²) >= 11 is 0. The fourth-order valence-corrected chi connectivity index (χ4v) is 2.22. The molecule has 0 saturated carbocycles. The summed E-state index contributed by atoms with van der Waals surface area (Å²) in [6.45, 7) is 7.59. The van der Waals surface area contributed by atoms with Gasteiger partial charge in [-0.05, 0) is 32.4 Å². The number of carbonyl (C=O) groups is 1. The molecule has 0 fully saturated rings. The van der Waals surface area contributed by atoms with E-state index in [1.807, 2.05) is 0 Å². The summed E-state index contributed by atoms with van der Waals surface area (Å²) in [7, 11) is 1.66. The number of hydrogen-bond donors (Lipinski definition) is 1. The maximum atomic E-state index is 12.2. The summed E-state index contributed by atoms with van der Waals surface area (Å²) in [4.78, 5) is 14.3. The SMILES string of the molecule is CCOC(=O)c1cccc(N)c1N(CCOC)C(C)CC. The van der Waals surface area contributed by atoms with Crippen molar-refractivity contribution in [3.05, 3.63) is 23.8 Å². The number of carbonyl (C=O) groups excluding carboxylic acids is 1. The van der Waals surface area contributed by atoms with Gasteiger partial charge in [0.1, 0.15) is 0 Å². The highest BCUT2D eigenvalue weighted by atomic mass is 16.5. The number of hydrogen-bond acceptors (Lipinski definition) is 5. The molecule has 0 aliphatic carbocycles. The van der Waals surface area contributed by atoms with Crippen molar-refractivity contribution >= 4 is 17.3 Å². The van der Waals surface area contributed by atoms with E-state index < -0.39 is 0 Å². The first-order valence-electron chi connectivity index (χ1n) is 7.37. The molecule has 0 amide bonds. The van der Waals surface area contributed by atoms with Crippen molar-refractivity contribution in [3.8, 4) is 0 Å². The molecule has 0 spiro atoms. The second-order valence-corrected chi connectivity index (χ2v) is 4.91. The third-order valence-electron chi connectivity index (χ3n) is 3.51. The first kappa shape index (κ1) is 17.3. The molecule has 5 nitrogen and oxygen atoms in total. The topological polar surface area (TPSA) is 64.8 Å². The van der Waals surface area contributed by atoms with Gasteiger partial charge < -0.3 is 20.1 Å². The number of nitrogens with two attached hydrogens (primary N) is 1. The Morgan fingerprint density at radius 3 is 2.67 bits per heavy atom. The van der Waals surface area contributed by atoms with Crippen LogP contribution in [0.4, 0.5) is 11.4 Å². The summed E-state index contributed by atoms with van der Waals surface area (Å²) in [6, 6.07) is 5.58. The predicted octanol–water partition coefficient (Wildman–Crippen LogP) is 2.70. The lowest BCUT2D eigenvalue weighted by Crippen LogP contribution is -2.37. The fourth-order valence-electron chi connectivity index (χ4n) is 2.22. The molecular weight excluding hydrogens is 268 g/mol. The van der Waals surface area contributed by atoms with Crippen molar-refractivity contribution in [1.82, 2.24) is 0 Å². The average molecular weight is 294 g/mol. The highest BCUT2D eigenvalue weighted by Crippen LogP contribution is 2.30. The maximum Gasteiger partial charge on any atom is 0.340 e. The van der Waals surface area contributed by atoms with Crippen molar-refractivity contribution in [3.63, 3.8) is 0 Å². The van der Waals surface area contributed by atoms with Crippen LogP contribution in [0, 0.1) is 0 Å². The molecule has 1 aromatic rings. The average Bonchev–Trinajstić information content (AvgIpc) is 2.48. The molecule has 0 aliphatic heterocycles. The molecule has 118 valence electrons.